The van der Waals surface area contributed by atoms with E-state index in [9.17, 15) is 19.2 Å². The van der Waals surface area contributed by atoms with Gasteiger partial charge in [0, 0.05) is 0 Å². The van der Waals surface area contributed by atoms with Crippen LogP contribution in [-0.2, 0) is 19.1 Å². The van der Waals surface area contributed by atoms with Gasteiger partial charge in [-0.25, -0.2) is 4.79 Å². The van der Waals surface area contributed by atoms with Crippen LogP contribution in [-0.4, -0.2) is 47.4 Å². The molecule has 1 saturated heterocycles. The zero-order valence-electron chi connectivity index (χ0n) is 15.0. The maximum atomic E-state index is 12.4. The highest BCUT2D eigenvalue weighted by Crippen LogP contribution is 2.23. The molecule has 1 fully saturated rings. The van der Waals surface area contributed by atoms with Crippen molar-refractivity contribution < 1.29 is 23.9 Å². The molecule has 2 rings (SSSR count). The first kappa shape index (κ1) is 20.4. The highest BCUT2D eigenvalue weighted by molar-refractivity contribution is 7.14. The number of nitrogens with zero attached hydrogens (tertiary/aromatic N) is 2. The molecule has 144 valence electrons. The summed E-state index contributed by atoms with van der Waals surface area (Å²) in [6.07, 6.45) is 2.10. The summed E-state index contributed by atoms with van der Waals surface area (Å²) in [5.41, 5.74) is -0.720. The smallest absolute Gasteiger partial charge is 0.326 e. The van der Waals surface area contributed by atoms with Crippen molar-refractivity contribution in [1.82, 2.24) is 10.2 Å². The zero-order chi connectivity index (χ0) is 20.0. The number of nitriles is 1. The van der Waals surface area contributed by atoms with Crippen molar-refractivity contribution in [3.8, 4) is 6.07 Å². The van der Waals surface area contributed by atoms with E-state index in [0.29, 0.717) is 17.0 Å². The zero-order valence-corrected chi connectivity index (χ0v) is 15.9. The van der Waals surface area contributed by atoms with Gasteiger partial charge in [0.25, 0.3) is 11.8 Å². The quantitative estimate of drug-likeness (QED) is 0.511. The summed E-state index contributed by atoms with van der Waals surface area (Å²) < 4.78 is 4.83. The van der Waals surface area contributed by atoms with Crippen molar-refractivity contribution in [3.05, 3.63) is 17.0 Å². The van der Waals surface area contributed by atoms with Crippen LogP contribution in [0.2, 0.25) is 0 Å². The minimum atomic E-state index is -1.03. The predicted octanol–water partition coefficient (Wildman–Crippen LogP) is 1.60. The molecule has 0 unspecified atom stereocenters. The first-order valence-corrected chi connectivity index (χ1v) is 9.26. The summed E-state index contributed by atoms with van der Waals surface area (Å²) in [5.74, 6) is -1.98. The Bertz CT molecular complexity index is 799. The molecule has 1 aromatic rings. The SMILES string of the molecule is CCCC[C@]1(C)NC(=O)N(CC(=O)OCC(=O)Nc2sccc2C#N)C1=O. The summed E-state index contributed by atoms with van der Waals surface area (Å²) in [5, 5.41) is 16.0. The fourth-order valence-corrected chi connectivity index (χ4v) is 3.32. The Labute approximate surface area is 160 Å². The molecule has 27 heavy (non-hydrogen) atoms. The Balaban J connectivity index is 1.85. The second kappa shape index (κ2) is 8.64. The van der Waals surface area contributed by atoms with Gasteiger partial charge in [0.05, 0.1) is 5.56 Å². The summed E-state index contributed by atoms with van der Waals surface area (Å²) in [6.45, 7) is 2.44. The van der Waals surface area contributed by atoms with Crippen LogP contribution in [0.1, 0.15) is 38.7 Å². The maximum Gasteiger partial charge on any atom is 0.326 e. The topological polar surface area (TPSA) is 129 Å². The molecule has 1 aliphatic rings. The van der Waals surface area contributed by atoms with Gasteiger partial charge in [-0.1, -0.05) is 19.8 Å². The number of hydrogen-bond acceptors (Lipinski definition) is 7. The van der Waals surface area contributed by atoms with E-state index in [-0.39, 0.29) is 0 Å². The van der Waals surface area contributed by atoms with Crippen molar-refractivity contribution in [2.24, 2.45) is 0 Å². The highest BCUT2D eigenvalue weighted by atomic mass is 32.1. The largest absolute Gasteiger partial charge is 0.454 e. The highest BCUT2D eigenvalue weighted by Gasteiger charge is 2.47. The standard InChI is InChI=1S/C17H20N4O5S/c1-3-4-6-17(2)15(24)21(16(25)20-17)9-13(23)26-10-12(22)19-14-11(8-18)5-7-27-14/h5,7H,3-4,6,9-10H2,1-2H3,(H,19,22)(H,20,25)/t17-/m0/s1. The average molecular weight is 392 g/mol. The third-order valence-corrected chi connectivity index (χ3v) is 4.90. The number of urea groups is 1. The fourth-order valence-electron chi connectivity index (χ4n) is 2.57. The number of amides is 4. The number of rotatable bonds is 8. The van der Waals surface area contributed by atoms with E-state index in [2.05, 4.69) is 10.6 Å². The number of nitrogens with one attached hydrogen (secondary N) is 2. The van der Waals surface area contributed by atoms with Crippen LogP contribution < -0.4 is 10.6 Å². The van der Waals surface area contributed by atoms with Crippen LogP contribution in [0, 0.1) is 11.3 Å². The maximum absolute atomic E-state index is 12.4. The second-order valence-electron chi connectivity index (χ2n) is 6.24. The Kier molecular flexibility index (Phi) is 6.52. The van der Waals surface area contributed by atoms with Crippen LogP contribution >= 0.6 is 11.3 Å². The molecule has 1 aromatic heterocycles. The lowest BCUT2D eigenvalue weighted by Gasteiger charge is -2.21. The second-order valence-corrected chi connectivity index (χ2v) is 7.16. The number of carbonyl (C=O) groups excluding carboxylic acids is 4. The van der Waals surface area contributed by atoms with Gasteiger partial charge in [0.15, 0.2) is 6.61 Å². The molecular formula is C17H20N4O5S. The van der Waals surface area contributed by atoms with Gasteiger partial charge in [-0.3, -0.25) is 19.3 Å². The molecule has 1 aliphatic heterocycles. The number of imide groups is 1. The number of esters is 1. The van der Waals surface area contributed by atoms with E-state index in [1.165, 1.54) is 11.3 Å². The van der Waals surface area contributed by atoms with Gasteiger partial charge in [-0.05, 0) is 24.8 Å². The van der Waals surface area contributed by atoms with Gasteiger partial charge in [-0.15, -0.1) is 11.3 Å². The number of hydrogen-bond donors (Lipinski definition) is 2. The molecule has 0 radical (unpaired) electrons. The van der Waals surface area contributed by atoms with Gasteiger partial charge in [-0.2, -0.15) is 5.26 Å². The first-order valence-electron chi connectivity index (χ1n) is 8.38. The van der Waals surface area contributed by atoms with E-state index in [1.54, 1.807) is 18.4 Å². The van der Waals surface area contributed by atoms with Crippen LogP contribution in [0.3, 0.4) is 0 Å². The molecule has 9 nitrogen and oxygen atoms in total. The average Bonchev–Trinajstić information content (AvgIpc) is 3.16. The van der Waals surface area contributed by atoms with E-state index >= 15 is 0 Å². The molecule has 2 N–H and O–H groups in total. The lowest BCUT2D eigenvalue weighted by molar-refractivity contribution is -0.150. The number of anilines is 1. The van der Waals surface area contributed by atoms with E-state index in [0.717, 1.165) is 17.7 Å². The van der Waals surface area contributed by atoms with Gasteiger partial charge < -0.3 is 15.4 Å². The molecule has 4 amide bonds. The molecule has 0 spiro atoms. The van der Waals surface area contributed by atoms with Crippen LogP contribution in [0.5, 0.6) is 0 Å². The van der Waals surface area contributed by atoms with Crippen LogP contribution in [0.25, 0.3) is 0 Å². The van der Waals surface area contributed by atoms with Gasteiger partial charge >= 0.3 is 12.0 Å². The molecule has 10 heteroatoms. The summed E-state index contributed by atoms with van der Waals surface area (Å²) >= 11 is 1.17. The first-order chi connectivity index (χ1) is 12.8. The summed E-state index contributed by atoms with van der Waals surface area (Å²) in [7, 11) is 0. The van der Waals surface area contributed by atoms with Crippen molar-refractivity contribution in [2.45, 2.75) is 38.6 Å². The van der Waals surface area contributed by atoms with Crippen molar-refractivity contribution in [2.75, 3.05) is 18.5 Å². The minimum absolute atomic E-state index is 0.311. The molecule has 1 atom stereocenters. The number of thiophene rings is 1. The summed E-state index contributed by atoms with van der Waals surface area (Å²) in [4.78, 5) is 49.0. The molecule has 0 saturated carbocycles. The Morgan fingerprint density at radius 3 is 2.85 bits per heavy atom. The molecule has 0 bridgehead atoms. The third kappa shape index (κ3) is 4.83. The number of carbonyl (C=O) groups is 4. The lowest BCUT2D eigenvalue weighted by Crippen LogP contribution is -2.44. The van der Waals surface area contributed by atoms with E-state index in [4.69, 9.17) is 10.00 Å². The van der Waals surface area contributed by atoms with E-state index < -0.39 is 42.5 Å². The lowest BCUT2D eigenvalue weighted by atomic mass is 9.95. The molecule has 0 aromatic carbocycles. The van der Waals surface area contributed by atoms with Crippen LogP contribution in [0.15, 0.2) is 11.4 Å². The summed E-state index contributed by atoms with van der Waals surface area (Å²) in [6, 6.07) is 2.82. The molecule has 2 heterocycles. The van der Waals surface area contributed by atoms with Crippen molar-refractivity contribution in [3.63, 3.8) is 0 Å². The van der Waals surface area contributed by atoms with Crippen LogP contribution in [0.4, 0.5) is 9.80 Å². The normalized spacial score (nSPS) is 18.8. The Morgan fingerprint density at radius 2 is 2.19 bits per heavy atom. The Hall–Kier alpha value is -2.93. The van der Waals surface area contributed by atoms with E-state index in [1.807, 2.05) is 13.0 Å². The molecule has 0 aliphatic carbocycles. The Morgan fingerprint density at radius 1 is 1.44 bits per heavy atom. The van der Waals surface area contributed by atoms with Crippen molar-refractivity contribution in [1.29, 1.82) is 5.26 Å². The third-order valence-electron chi connectivity index (χ3n) is 4.07. The van der Waals surface area contributed by atoms with Gasteiger partial charge in [0.2, 0.25) is 0 Å². The van der Waals surface area contributed by atoms with Crippen molar-refractivity contribution >= 4 is 40.2 Å². The predicted molar refractivity (Wildman–Crippen MR) is 96.8 cm³/mol. The number of unbranched alkanes of at least 4 members (excludes halogenated alkanes) is 1. The molecular weight excluding hydrogens is 372 g/mol. The monoisotopic (exact) mass is 392 g/mol. The number of ether oxygens (including phenoxy) is 1. The van der Waals surface area contributed by atoms with Gasteiger partial charge in [0.1, 0.15) is 23.2 Å². The minimum Gasteiger partial charge on any atom is -0.454 e. The fraction of sp³-hybridized carbons (Fsp3) is 0.471.